The molecule has 0 atom stereocenters. The first kappa shape index (κ1) is 27.1. The summed E-state index contributed by atoms with van der Waals surface area (Å²) in [4.78, 5) is 55.4. The summed E-state index contributed by atoms with van der Waals surface area (Å²) in [6, 6.07) is 6.80. The van der Waals surface area contributed by atoms with Crippen molar-refractivity contribution in [1.29, 1.82) is 0 Å². The monoisotopic (exact) mass is 527 g/mol. The minimum absolute atomic E-state index is 0.236. The van der Waals surface area contributed by atoms with Gasteiger partial charge in [-0.2, -0.15) is 0 Å². The number of nitrogens with one attached hydrogen (secondary N) is 2. The maximum Gasteiger partial charge on any atom is 0.342 e. The third-order valence-corrected chi connectivity index (χ3v) is 6.07. The number of aromatic nitrogens is 2. The molecule has 2 N–H and O–H groups in total. The van der Waals surface area contributed by atoms with Crippen LogP contribution in [0.1, 0.15) is 25.2 Å². The minimum atomic E-state index is -0.566. The van der Waals surface area contributed by atoms with Crippen LogP contribution in [0.4, 0.5) is 0 Å². The van der Waals surface area contributed by atoms with Crippen LogP contribution in [0.3, 0.4) is 0 Å². The lowest BCUT2D eigenvalue weighted by atomic mass is 10.1. The Hall–Kier alpha value is -4.99. The molecule has 0 saturated heterocycles. The Morgan fingerprint density at radius 2 is 1.38 bits per heavy atom. The third-order valence-electron chi connectivity index (χ3n) is 6.07. The molecule has 0 radical (unpaired) electrons. The van der Waals surface area contributed by atoms with Gasteiger partial charge in [-0.1, -0.05) is 5.57 Å². The fourth-order valence-corrected chi connectivity index (χ4v) is 4.11. The number of methoxy groups -OCH3 is 2. The Morgan fingerprint density at radius 1 is 0.769 bits per heavy atom. The number of likely N-dealkylation sites (N-methyl/N-ethyl adjacent to an activating group) is 1. The van der Waals surface area contributed by atoms with E-state index in [0.29, 0.717) is 39.1 Å². The first-order chi connectivity index (χ1) is 18.7. The number of hydrogen-bond donors (Lipinski definition) is 2. The number of ether oxygens (including phenoxy) is 2. The van der Waals surface area contributed by atoms with Gasteiger partial charge in [0.05, 0.1) is 59.0 Å². The van der Waals surface area contributed by atoms with Crippen molar-refractivity contribution in [2.45, 2.75) is 13.8 Å². The Kier molecular flexibility index (Phi) is 7.75. The molecule has 39 heavy (non-hydrogen) atoms. The number of nitrogens with zero attached hydrogens (tertiary/aromatic N) is 3. The smallest absolute Gasteiger partial charge is 0.342 e. The summed E-state index contributed by atoms with van der Waals surface area (Å²) >= 11 is 0. The van der Waals surface area contributed by atoms with Crippen molar-refractivity contribution in [2.24, 2.45) is 9.98 Å². The number of hydrogen-bond acceptors (Lipinski definition) is 7. The Balaban J connectivity index is 1.95. The maximum absolute atomic E-state index is 13.4. The zero-order valence-electron chi connectivity index (χ0n) is 22.6. The standard InChI is InChI=1S/C29H29N5O5/c1-16(2)17-9-10-22(31-17)26(29(37)39-6)23-14-12-20(33-23)24(27(35)34(3)4)19-11-13-21(32-19)25(28(36)38-5)18-8-7-15-30-18/h7-15,32-33H,1-6H3/b24-20+,25-18+,26-23+. The number of carbonyl (C=O) groups is 3. The van der Waals surface area contributed by atoms with E-state index in [9.17, 15) is 14.4 Å². The summed E-state index contributed by atoms with van der Waals surface area (Å²) in [6.07, 6.45) is 8.58. The molecule has 0 unspecified atom stereocenters. The van der Waals surface area contributed by atoms with Gasteiger partial charge in [0.15, 0.2) is 0 Å². The van der Waals surface area contributed by atoms with Crippen molar-refractivity contribution in [3.63, 3.8) is 0 Å². The number of aromatic amines is 2. The molecule has 2 aliphatic rings. The van der Waals surface area contributed by atoms with Gasteiger partial charge in [0, 0.05) is 20.3 Å². The van der Waals surface area contributed by atoms with Crippen LogP contribution in [0.5, 0.6) is 0 Å². The van der Waals surface area contributed by atoms with E-state index >= 15 is 0 Å². The van der Waals surface area contributed by atoms with E-state index in [1.54, 1.807) is 62.8 Å². The largest absolute Gasteiger partial charge is 0.465 e. The molecule has 4 heterocycles. The molecule has 2 aliphatic heterocycles. The number of allylic oxidation sites excluding steroid dienone is 5. The SMILES string of the molecule is COC(=O)/C(=C1\C=CC=N1)c1ccc(/C(C(=O)N(C)C)=c2/cc/c(=C(\C(=O)OC)C3=NC(=C(C)C)C=C3)[nH]2)[nH]1. The van der Waals surface area contributed by atoms with Gasteiger partial charge in [-0.15, -0.1) is 0 Å². The molecule has 10 heteroatoms. The molecule has 200 valence electrons. The molecule has 4 rings (SSSR count). The highest BCUT2D eigenvalue weighted by atomic mass is 16.5. The van der Waals surface area contributed by atoms with E-state index in [0.717, 1.165) is 11.3 Å². The number of H-pyrrole nitrogens is 2. The van der Waals surface area contributed by atoms with E-state index in [1.807, 2.05) is 19.9 Å². The summed E-state index contributed by atoms with van der Waals surface area (Å²) in [5.41, 5.74) is 4.34. The van der Waals surface area contributed by atoms with Crippen molar-refractivity contribution in [2.75, 3.05) is 28.3 Å². The van der Waals surface area contributed by atoms with Gasteiger partial charge < -0.3 is 24.3 Å². The van der Waals surface area contributed by atoms with Crippen LogP contribution in [0, 0.1) is 0 Å². The van der Waals surface area contributed by atoms with E-state index in [-0.39, 0.29) is 17.1 Å². The summed E-state index contributed by atoms with van der Waals surface area (Å²) in [5, 5.41) is 0.892. The predicted octanol–water partition coefficient (Wildman–Crippen LogP) is 1.78. The lowest BCUT2D eigenvalue weighted by molar-refractivity contribution is -0.134. The second-order valence-corrected chi connectivity index (χ2v) is 9.12. The van der Waals surface area contributed by atoms with Gasteiger partial charge in [-0.3, -0.25) is 9.79 Å². The maximum atomic E-state index is 13.4. The Bertz CT molecular complexity index is 1650. The second kappa shape index (κ2) is 11.2. The number of aliphatic imine (C=N–C) groups is 2. The zero-order chi connectivity index (χ0) is 28.3. The third kappa shape index (κ3) is 5.35. The van der Waals surface area contributed by atoms with Crippen LogP contribution in [0.15, 0.2) is 75.5 Å². The molecule has 10 nitrogen and oxygen atoms in total. The molecule has 0 bridgehead atoms. The number of amides is 1. The van der Waals surface area contributed by atoms with Gasteiger partial charge in [-0.05, 0) is 62.4 Å². The van der Waals surface area contributed by atoms with E-state index in [4.69, 9.17) is 9.47 Å². The average Bonchev–Trinajstić information content (AvgIpc) is 3.73. The lowest BCUT2D eigenvalue weighted by Crippen LogP contribution is -2.30. The van der Waals surface area contributed by atoms with Crippen LogP contribution in [0.25, 0.3) is 16.7 Å². The average molecular weight is 528 g/mol. The highest BCUT2D eigenvalue weighted by molar-refractivity contribution is 6.44. The molecule has 1 amide bonds. The number of carbonyl (C=O) groups excluding carboxylic acids is 3. The van der Waals surface area contributed by atoms with Gasteiger partial charge in [-0.25, -0.2) is 14.6 Å². The summed E-state index contributed by atoms with van der Waals surface area (Å²) in [5.74, 6) is -1.43. The molecule has 2 aromatic rings. The first-order valence-corrected chi connectivity index (χ1v) is 12.1. The summed E-state index contributed by atoms with van der Waals surface area (Å²) in [6.45, 7) is 3.87. The van der Waals surface area contributed by atoms with E-state index < -0.39 is 11.9 Å². The van der Waals surface area contributed by atoms with Gasteiger partial charge in [0.1, 0.15) is 11.1 Å². The van der Waals surface area contributed by atoms with Crippen molar-refractivity contribution in [3.8, 4) is 0 Å². The van der Waals surface area contributed by atoms with Crippen LogP contribution in [0.2, 0.25) is 0 Å². The summed E-state index contributed by atoms with van der Waals surface area (Å²) in [7, 11) is 5.88. The number of rotatable bonds is 6. The van der Waals surface area contributed by atoms with Gasteiger partial charge in [0.2, 0.25) is 0 Å². The fourth-order valence-electron chi connectivity index (χ4n) is 4.11. The van der Waals surface area contributed by atoms with Crippen LogP contribution >= 0.6 is 0 Å². The quantitative estimate of drug-likeness (QED) is 0.437. The fraction of sp³-hybridized carbons (Fsp3) is 0.207. The highest BCUT2D eigenvalue weighted by Gasteiger charge is 2.24. The normalized spacial score (nSPS) is 16.7. The molecule has 0 aromatic carbocycles. The Labute approximate surface area is 225 Å². The van der Waals surface area contributed by atoms with E-state index in [1.165, 1.54) is 19.1 Å². The molecule has 2 aromatic heterocycles. The van der Waals surface area contributed by atoms with E-state index in [2.05, 4.69) is 20.0 Å². The zero-order valence-corrected chi connectivity index (χ0v) is 22.6. The van der Waals surface area contributed by atoms with Crippen molar-refractivity contribution in [3.05, 3.63) is 87.6 Å². The van der Waals surface area contributed by atoms with Crippen molar-refractivity contribution < 1.29 is 23.9 Å². The van der Waals surface area contributed by atoms with Gasteiger partial charge in [0.25, 0.3) is 5.91 Å². The highest BCUT2D eigenvalue weighted by Crippen LogP contribution is 2.25. The van der Waals surface area contributed by atoms with Gasteiger partial charge >= 0.3 is 11.9 Å². The second-order valence-electron chi connectivity index (χ2n) is 9.12. The van der Waals surface area contributed by atoms with Crippen LogP contribution in [-0.2, 0) is 23.9 Å². The van der Waals surface area contributed by atoms with Crippen LogP contribution in [-0.4, -0.2) is 73.0 Å². The van der Waals surface area contributed by atoms with Crippen molar-refractivity contribution >= 4 is 46.5 Å². The predicted molar refractivity (Wildman–Crippen MR) is 149 cm³/mol. The minimum Gasteiger partial charge on any atom is -0.465 e. The topological polar surface area (TPSA) is 129 Å². The molecule has 0 aliphatic carbocycles. The van der Waals surface area contributed by atoms with Crippen LogP contribution < -0.4 is 10.7 Å². The van der Waals surface area contributed by atoms with Crippen molar-refractivity contribution in [1.82, 2.24) is 14.9 Å². The molecule has 0 saturated carbocycles. The lowest BCUT2D eigenvalue weighted by Gasteiger charge is -2.12. The molecule has 0 spiro atoms. The molecule has 0 fully saturated rings. The summed E-state index contributed by atoms with van der Waals surface area (Å²) < 4.78 is 10.0. The number of esters is 2. The molecular formula is C29H29N5O5. The molecular weight excluding hydrogens is 498 g/mol. The first-order valence-electron chi connectivity index (χ1n) is 12.1. The Morgan fingerprint density at radius 3 is 1.92 bits per heavy atom.